The molecule has 0 radical (unpaired) electrons. The summed E-state index contributed by atoms with van der Waals surface area (Å²) in [6.45, 7) is 4.19. The van der Waals surface area contributed by atoms with Gasteiger partial charge in [0.2, 0.25) is 5.95 Å². The molecule has 4 aromatic rings. The van der Waals surface area contributed by atoms with Gasteiger partial charge in [0, 0.05) is 36.1 Å². The van der Waals surface area contributed by atoms with Crippen LogP contribution in [0.4, 0.5) is 11.6 Å². The van der Waals surface area contributed by atoms with Crippen LogP contribution in [0.15, 0.2) is 43.1 Å². The van der Waals surface area contributed by atoms with Gasteiger partial charge in [0.1, 0.15) is 30.5 Å². The molecule has 0 spiro atoms. The molecule has 7 rings (SSSR count). The summed E-state index contributed by atoms with van der Waals surface area (Å²) in [6.07, 6.45) is 13.7. The van der Waals surface area contributed by atoms with Gasteiger partial charge in [-0.1, -0.05) is 17.7 Å². The Morgan fingerprint density at radius 3 is 2.48 bits per heavy atom. The number of tetrazole rings is 1. The number of aromatic nitrogens is 8. The summed E-state index contributed by atoms with van der Waals surface area (Å²) in [6, 6.07) is 7.62. The number of hydrogen-bond donors (Lipinski definition) is 2. The van der Waals surface area contributed by atoms with E-state index >= 15 is 0 Å². The number of anilines is 2. The average Bonchev–Trinajstić information content (AvgIpc) is 3.79. The standard InChI is InChI=1S/C31H39ClN10O4/c1-20(15-40-19-35-38-39-40)46-29-12-21(2-9-27(29)32)22-13-33-31(34-14-22)36-28-16-41(37-30(28)45-11-10-43)23-3-5-24(6-4-23)42-25-7-8-26(42)18-44-17-25/h2,9,12-14,16,19-20,23-26,43H,3-8,10-11,15,17-18H2,1H3,(H,33,34,36)/t20?,23?,24?,25-,26+. The third-order valence-electron chi connectivity index (χ3n) is 9.11. The summed E-state index contributed by atoms with van der Waals surface area (Å²) in [7, 11) is 0. The van der Waals surface area contributed by atoms with Crippen LogP contribution in [0.1, 0.15) is 51.5 Å². The number of nitrogens with zero attached hydrogens (tertiary/aromatic N) is 9. The molecule has 46 heavy (non-hydrogen) atoms. The maximum atomic E-state index is 9.40. The highest BCUT2D eigenvalue weighted by atomic mass is 35.5. The van der Waals surface area contributed by atoms with Crippen molar-refractivity contribution in [1.29, 1.82) is 0 Å². The molecular weight excluding hydrogens is 612 g/mol. The molecule has 3 aliphatic rings. The van der Waals surface area contributed by atoms with Crippen LogP contribution in [0.25, 0.3) is 11.1 Å². The Labute approximate surface area is 272 Å². The Bertz CT molecular complexity index is 1560. The van der Waals surface area contributed by atoms with Crippen molar-refractivity contribution in [2.24, 2.45) is 0 Å². The first-order valence-corrected chi connectivity index (χ1v) is 16.4. The van der Waals surface area contributed by atoms with E-state index in [-0.39, 0.29) is 25.4 Å². The van der Waals surface area contributed by atoms with Gasteiger partial charge < -0.3 is 24.6 Å². The number of fused-ring (bicyclic) bond motifs is 2. The van der Waals surface area contributed by atoms with E-state index in [1.165, 1.54) is 19.2 Å². The Hall–Kier alpha value is -3.85. The maximum Gasteiger partial charge on any atom is 0.257 e. The van der Waals surface area contributed by atoms with Crippen LogP contribution in [-0.2, 0) is 11.3 Å². The number of halogens is 1. The van der Waals surface area contributed by atoms with Crippen LogP contribution in [0.3, 0.4) is 0 Å². The highest BCUT2D eigenvalue weighted by Crippen LogP contribution is 2.39. The lowest BCUT2D eigenvalue weighted by atomic mass is 9.89. The monoisotopic (exact) mass is 650 g/mol. The first kappa shape index (κ1) is 30.8. The summed E-state index contributed by atoms with van der Waals surface area (Å²) < 4.78 is 21.3. The zero-order valence-corrected chi connectivity index (χ0v) is 26.5. The SMILES string of the molecule is CC(Cn1cnnn1)Oc1cc(-c2cnc(Nc3cn(C4CCC(N5[C@@H]6CC[C@H]5COC6)CC4)nc3OCCO)nc2)ccc1Cl. The van der Waals surface area contributed by atoms with E-state index in [9.17, 15) is 5.11 Å². The molecule has 5 heterocycles. The molecule has 2 N–H and O–H groups in total. The molecule has 3 aromatic heterocycles. The Balaban J connectivity index is 1.01. The number of aliphatic hydroxyl groups is 1. The zero-order valence-electron chi connectivity index (χ0n) is 25.8. The molecule has 244 valence electrons. The van der Waals surface area contributed by atoms with E-state index in [1.807, 2.05) is 29.9 Å². The molecule has 14 nitrogen and oxygen atoms in total. The van der Waals surface area contributed by atoms with Gasteiger partial charge >= 0.3 is 0 Å². The summed E-state index contributed by atoms with van der Waals surface area (Å²) in [5.41, 5.74) is 2.33. The minimum atomic E-state index is -0.211. The van der Waals surface area contributed by atoms with E-state index in [2.05, 4.69) is 35.7 Å². The van der Waals surface area contributed by atoms with Crippen molar-refractivity contribution in [3.8, 4) is 22.8 Å². The first-order valence-electron chi connectivity index (χ1n) is 16.0. The highest BCUT2D eigenvalue weighted by Gasteiger charge is 2.42. The second-order valence-corrected chi connectivity index (χ2v) is 12.7. The van der Waals surface area contributed by atoms with Gasteiger partial charge in [0.15, 0.2) is 0 Å². The summed E-state index contributed by atoms with van der Waals surface area (Å²) in [5, 5.41) is 29.1. The van der Waals surface area contributed by atoms with Gasteiger partial charge in [-0.2, -0.15) is 0 Å². The fourth-order valence-electron chi connectivity index (χ4n) is 6.99. The quantitative estimate of drug-likeness (QED) is 0.229. The van der Waals surface area contributed by atoms with Crippen LogP contribution in [0, 0.1) is 0 Å². The third-order valence-corrected chi connectivity index (χ3v) is 9.43. The van der Waals surface area contributed by atoms with E-state index in [0.29, 0.717) is 53.0 Å². The van der Waals surface area contributed by atoms with Crippen molar-refractivity contribution >= 4 is 23.2 Å². The number of ether oxygens (including phenoxy) is 3. The maximum absolute atomic E-state index is 9.40. The number of morpholine rings is 1. The largest absolute Gasteiger partial charge is 0.487 e. The molecular formula is C31H39ClN10O4. The fourth-order valence-corrected chi connectivity index (χ4v) is 7.15. The number of aliphatic hydroxyl groups excluding tert-OH is 1. The van der Waals surface area contributed by atoms with Crippen molar-refractivity contribution in [1.82, 2.24) is 44.9 Å². The Kier molecular flexibility index (Phi) is 9.28. The van der Waals surface area contributed by atoms with Gasteiger partial charge in [-0.05, 0) is 73.6 Å². The fraction of sp³-hybridized carbons (Fsp3) is 0.548. The van der Waals surface area contributed by atoms with Gasteiger partial charge in [-0.25, -0.2) is 14.6 Å². The third kappa shape index (κ3) is 6.80. The number of nitrogens with one attached hydrogen (secondary N) is 1. The molecule has 3 fully saturated rings. The molecule has 0 amide bonds. The van der Waals surface area contributed by atoms with E-state index in [0.717, 1.165) is 50.0 Å². The van der Waals surface area contributed by atoms with Crippen molar-refractivity contribution in [3.63, 3.8) is 0 Å². The van der Waals surface area contributed by atoms with Gasteiger partial charge in [0.05, 0.1) is 43.6 Å². The Morgan fingerprint density at radius 1 is 1.02 bits per heavy atom. The molecule has 2 saturated heterocycles. The lowest BCUT2D eigenvalue weighted by Gasteiger charge is -2.43. The predicted octanol–water partition coefficient (Wildman–Crippen LogP) is 3.91. The predicted molar refractivity (Wildman–Crippen MR) is 169 cm³/mol. The molecule has 1 unspecified atom stereocenters. The minimum Gasteiger partial charge on any atom is -0.487 e. The molecule has 1 saturated carbocycles. The van der Waals surface area contributed by atoms with Gasteiger partial charge in [-0.15, -0.1) is 10.2 Å². The number of benzene rings is 1. The molecule has 3 atom stereocenters. The topological polar surface area (TPSA) is 150 Å². The van der Waals surface area contributed by atoms with Crippen LogP contribution in [0.2, 0.25) is 5.02 Å². The van der Waals surface area contributed by atoms with Crippen LogP contribution in [-0.4, -0.2) is 101 Å². The molecule has 1 aromatic carbocycles. The lowest BCUT2D eigenvalue weighted by molar-refractivity contribution is -0.0458. The van der Waals surface area contributed by atoms with E-state index in [1.54, 1.807) is 23.1 Å². The Morgan fingerprint density at radius 2 is 1.76 bits per heavy atom. The molecule has 1 aliphatic carbocycles. The van der Waals surface area contributed by atoms with Gasteiger partial charge in [0.25, 0.3) is 5.88 Å². The second kappa shape index (κ2) is 13.9. The van der Waals surface area contributed by atoms with Crippen molar-refractivity contribution in [2.75, 3.05) is 31.7 Å². The zero-order chi connectivity index (χ0) is 31.5. The van der Waals surface area contributed by atoms with Crippen molar-refractivity contribution in [2.45, 2.75) is 82.3 Å². The number of hydrogen-bond acceptors (Lipinski definition) is 12. The second-order valence-electron chi connectivity index (χ2n) is 12.3. The summed E-state index contributed by atoms with van der Waals surface area (Å²) >= 11 is 6.44. The van der Waals surface area contributed by atoms with E-state index < -0.39 is 0 Å². The summed E-state index contributed by atoms with van der Waals surface area (Å²) in [4.78, 5) is 11.9. The first-order chi connectivity index (χ1) is 22.5. The van der Waals surface area contributed by atoms with Crippen LogP contribution < -0.4 is 14.8 Å². The normalized spacial score (nSPS) is 23.7. The number of rotatable bonds is 12. The average molecular weight is 651 g/mol. The molecule has 15 heteroatoms. The van der Waals surface area contributed by atoms with Gasteiger partial charge in [-0.3, -0.25) is 9.58 Å². The smallest absolute Gasteiger partial charge is 0.257 e. The van der Waals surface area contributed by atoms with Crippen LogP contribution >= 0.6 is 11.6 Å². The molecule has 2 bridgehead atoms. The highest BCUT2D eigenvalue weighted by molar-refractivity contribution is 6.32. The molecule has 2 aliphatic heterocycles. The van der Waals surface area contributed by atoms with Crippen molar-refractivity contribution < 1.29 is 19.3 Å². The van der Waals surface area contributed by atoms with E-state index in [4.69, 9.17) is 30.9 Å². The van der Waals surface area contributed by atoms with Crippen molar-refractivity contribution in [3.05, 3.63) is 48.1 Å². The minimum absolute atomic E-state index is 0.103. The lowest BCUT2D eigenvalue weighted by Crippen LogP contribution is -2.52. The van der Waals surface area contributed by atoms with Crippen LogP contribution in [0.5, 0.6) is 11.6 Å². The summed E-state index contributed by atoms with van der Waals surface area (Å²) in [5.74, 6) is 1.38.